The van der Waals surface area contributed by atoms with E-state index < -0.39 is 18.3 Å². The topological polar surface area (TPSA) is 226 Å². The first-order valence-electron chi connectivity index (χ1n) is 27.4. The summed E-state index contributed by atoms with van der Waals surface area (Å²) in [7, 11) is 11.3. The van der Waals surface area contributed by atoms with Gasteiger partial charge in [0.1, 0.15) is 64.2 Å². The van der Waals surface area contributed by atoms with E-state index in [-0.39, 0.29) is 18.1 Å². The van der Waals surface area contributed by atoms with Crippen LogP contribution in [0.3, 0.4) is 0 Å². The Morgan fingerprint density at radius 3 is 1.55 bits per heavy atom. The number of halogens is 2. The summed E-state index contributed by atoms with van der Waals surface area (Å²) < 4.78 is 50.9. The number of likely N-dealkylation sites (tertiary alicyclic amines) is 1. The van der Waals surface area contributed by atoms with E-state index in [1.165, 1.54) is 38.9 Å². The van der Waals surface area contributed by atoms with Gasteiger partial charge >= 0.3 is 5.97 Å². The number of carbonyl (C=O) groups is 2. The molecule has 0 radical (unpaired) electrons. The fourth-order valence-electron chi connectivity index (χ4n) is 11.0. The monoisotopic (exact) mass is 1130 g/mol. The summed E-state index contributed by atoms with van der Waals surface area (Å²) in [5.41, 5.74) is 8.99. The van der Waals surface area contributed by atoms with Crippen molar-refractivity contribution >= 4 is 45.5 Å². The molecule has 0 aliphatic carbocycles. The van der Waals surface area contributed by atoms with Crippen molar-refractivity contribution in [3.63, 3.8) is 0 Å². The molecule has 1 amide bonds. The lowest BCUT2D eigenvalue weighted by atomic mass is 10.0. The van der Waals surface area contributed by atoms with Gasteiger partial charge in [-0.25, -0.2) is 18.6 Å². The van der Waals surface area contributed by atoms with Crippen LogP contribution in [0.1, 0.15) is 57.8 Å². The van der Waals surface area contributed by atoms with E-state index in [0.29, 0.717) is 130 Å². The highest BCUT2D eigenvalue weighted by Gasteiger charge is 2.31. The molecule has 21 heteroatoms. The number of fused-ring (bicyclic) bond motifs is 2. The number of pyridine rings is 4. The van der Waals surface area contributed by atoms with E-state index in [9.17, 15) is 34.0 Å². The average Bonchev–Trinajstić information content (AvgIpc) is 4.32. The van der Waals surface area contributed by atoms with Crippen LogP contribution in [0.2, 0.25) is 0 Å². The van der Waals surface area contributed by atoms with Crippen molar-refractivity contribution in [2.45, 2.75) is 50.1 Å². The number of carbonyl (C=O) groups excluding carboxylic acids is 1. The van der Waals surface area contributed by atoms with E-state index >= 15 is 0 Å². The van der Waals surface area contributed by atoms with Gasteiger partial charge in [-0.15, -0.1) is 0 Å². The summed E-state index contributed by atoms with van der Waals surface area (Å²) >= 11 is 0. The Labute approximate surface area is 479 Å². The van der Waals surface area contributed by atoms with Gasteiger partial charge in [-0.1, -0.05) is 12.1 Å². The van der Waals surface area contributed by atoms with Crippen molar-refractivity contribution in [3.8, 4) is 68.5 Å². The number of ether oxygens (including phenoxy) is 2. The second-order valence-corrected chi connectivity index (χ2v) is 21.3. The predicted octanol–water partition coefficient (Wildman–Crippen LogP) is 9.35. The van der Waals surface area contributed by atoms with Gasteiger partial charge in [-0.3, -0.25) is 19.7 Å². The maximum absolute atomic E-state index is 13.8. The highest BCUT2D eigenvalue weighted by Crippen LogP contribution is 2.41. The van der Waals surface area contributed by atoms with Crippen molar-refractivity contribution in [2.24, 2.45) is 0 Å². The Hall–Kier alpha value is -9.02. The van der Waals surface area contributed by atoms with Crippen LogP contribution in [-0.4, -0.2) is 171 Å². The van der Waals surface area contributed by atoms with Crippen LogP contribution in [-0.2, 0) is 0 Å². The molecular formula is C62H64F2N12O7. The molecular weight excluding hydrogens is 1060 g/mol. The number of rotatable bonds is 12. The second-order valence-electron chi connectivity index (χ2n) is 21.3. The number of hydrogen-bond donors (Lipinski definition) is 2. The number of likely N-dealkylation sites (N-methyl/N-ethyl adjacent to an activating group) is 2. The van der Waals surface area contributed by atoms with Crippen LogP contribution in [0.4, 0.5) is 20.2 Å². The maximum atomic E-state index is 13.8. The Balaban J connectivity index is 0.000000165. The number of nitrogens with zero attached hydrogens (tertiary/aromatic N) is 11. The minimum absolute atomic E-state index is 0.125. The number of carboxylic acids is 1. The summed E-state index contributed by atoms with van der Waals surface area (Å²) in [6.07, 6.45) is 7.72. The molecule has 12 rings (SSSR count). The summed E-state index contributed by atoms with van der Waals surface area (Å²) in [5.74, 6) is 0.410. The standard InChI is InChI=1S/C31H31FN6O3.C25H19FN4O4.C6H14N2/c1-36(2)22-8-11-38(18-22)31(39)26-14-28(40-3)24(16-35-26)29-13-25-30(41-29)23(6-9-34-25)19-4-5-27(20(12-19)15-33)37-10-7-21(32)17-37;1-33-22-10-20(25(31)32)29-12-18(22)23-9-19-24(34-23)17(4-6-28-19)14-2-3-21(15(8-14)11-27)30-7-5-16(26)13-30;1-8(2)6-3-4-7-5-6/h4-6,9,12-14,16,21-22H,7-8,10-11,17-18H2,1-3H3;2-4,6,8-10,12,16H,5,7,13H2,1H3,(H,31,32);6-7H,3-5H2,1-2H3/t21-,22+;16-;6-/m001/s1. The maximum Gasteiger partial charge on any atom is 0.354 e. The lowest BCUT2D eigenvalue weighted by Gasteiger charge is -2.20. The van der Waals surface area contributed by atoms with Crippen molar-refractivity contribution in [3.05, 3.63) is 120 Å². The third-order valence-electron chi connectivity index (χ3n) is 15.7. The second kappa shape index (κ2) is 25.0. The van der Waals surface area contributed by atoms with Gasteiger partial charge < -0.3 is 53.2 Å². The number of hydrogen-bond acceptors (Lipinski definition) is 17. The summed E-state index contributed by atoms with van der Waals surface area (Å²) in [4.78, 5) is 51.7. The first-order valence-corrected chi connectivity index (χ1v) is 27.4. The van der Waals surface area contributed by atoms with Gasteiger partial charge in [0.2, 0.25) is 0 Å². The molecule has 19 nitrogen and oxygen atoms in total. The van der Waals surface area contributed by atoms with Crippen LogP contribution in [0, 0.1) is 22.7 Å². The number of methoxy groups -OCH3 is 2. The molecule has 0 bridgehead atoms. The Kier molecular flexibility index (Phi) is 17.2. The van der Waals surface area contributed by atoms with E-state index in [1.54, 1.807) is 56.0 Å². The van der Waals surface area contributed by atoms with E-state index in [2.05, 4.69) is 61.3 Å². The van der Waals surface area contributed by atoms with Gasteiger partial charge in [0.05, 0.1) is 47.8 Å². The molecule has 6 aromatic heterocycles. The van der Waals surface area contributed by atoms with Crippen molar-refractivity contribution in [1.29, 1.82) is 10.5 Å². The van der Waals surface area contributed by atoms with Crippen LogP contribution in [0.15, 0.2) is 106 Å². The Bertz CT molecular complexity index is 3770. The van der Waals surface area contributed by atoms with Crippen LogP contribution >= 0.6 is 0 Å². The lowest BCUT2D eigenvalue weighted by Crippen LogP contribution is -2.34. The number of anilines is 2. The molecule has 4 aliphatic heterocycles. The van der Waals surface area contributed by atoms with Crippen molar-refractivity contribution in [1.82, 2.24) is 40.0 Å². The molecule has 4 fully saturated rings. The van der Waals surface area contributed by atoms with Gasteiger partial charge in [0.25, 0.3) is 5.91 Å². The molecule has 83 heavy (non-hydrogen) atoms. The lowest BCUT2D eigenvalue weighted by molar-refractivity contribution is 0.0689. The van der Waals surface area contributed by atoms with E-state index in [0.717, 1.165) is 40.4 Å². The molecule has 0 unspecified atom stereocenters. The molecule has 0 spiro atoms. The zero-order valence-corrected chi connectivity index (χ0v) is 47.1. The van der Waals surface area contributed by atoms with Gasteiger partial charge in [0, 0.05) is 118 Å². The van der Waals surface area contributed by atoms with Crippen LogP contribution < -0.4 is 24.6 Å². The third-order valence-corrected chi connectivity index (χ3v) is 15.7. The van der Waals surface area contributed by atoms with Crippen LogP contribution in [0.25, 0.3) is 67.1 Å². The Morgan fingerprint density at radius 1 is 0.639 bits per heavy atom. The summed E-state index contributed by atoms with van der Waals surface area (Å²) in [5, 5.41) is 32.1. The van der Waals surface area contributed by atoms with Gasteiger partial charge in [-0.05, 0) is 108 Å². The number of carboxylic acid groups (broad SMARTS) is 1. The van der Waals surface area contributed by atoms with Crippen molar-refractivity contribution in [2.75, 3.05) is 105 Å². The number of nitriles is 2. The quantitative estimate of drug-likeness (QED) is 0.116. The molecule has 4 aliphatic rings. The minimum atomic E-state index is -1.16. The molecule has 4 atom stereocenters. The summed E-state index contributed by atoms with van der Waals surface area (Å²) in [6.45, 7) is 5.47. The molecule has 10 heterocycles. The SMILES string of the molecule is CN(C)[C@@H]1CCNC1.COc1cc(C(=O)N2CC[C@@H](N(C)C)C2)ncc1-c1cc2nccc(-c3ccc(N4CC[C@H](F)C4)c(C#N)c3)c2o1.COc1cc(C(=O)O)ncc1-c1cc2nccc(-c3ccc(N4CC[C@H](F)C4)c(C#N)c3)c2o1. The number of furan rings is 2. The first-order chi connectivity index (χ1) is 40.1. The summed E-state index contributed by atoms with van der Waals surface area (Å²) in [6, 6.07) is 26.8. The number of nitrogens with one attached hydrogen (secondary N) is 1. The highest BCUT2D eigenvalue weighted by atomic mass is 19.1. The van der Waals surface area contributed by atoms with Crippen LogP contribution in [0.5, 0.6) is 11.5 Å². The average molecular weight is 1130 g/mol. The van der Waals surface area contributed by atoms with E-state index in [4.69, 9.17) is 18.3 Å². The predicted molar refractivity (Wildman–Crippen MR) is 311 cm³/mol. The number of benzene rings is 2. The van der Waals surface area contributed by atoms with Gasteiger partial charge in [-0.2, -0.15) is 10.5 Å². The van der Waals surface area contributed by atoms with E-state index in [1.807, 2.05) is 65.2 Å². The normalized spacial score (nSPS) is 18.5. The minimum Gasteiger partial charge on any atom is -0.496 e. The van der Waals surface area contributed by atoms with Crippen molar-refractivity contribution < 1.29 is 41.8 Å². The molecule has 2 N–H and O–H groups in total. The first kappa shape index (κ1) is 57.2. The number of amides is 1. The number of alkyl halides is 2. The third kappa shape index (κ3) is 12.3. The fraction of sp³-hybridized carbons (Fsp3) is 0.355. The highest BCUT2D eigenvalue weighted by molar-refractivity contribution is 5.96. The molecule has 428 valence electrons. The molecule has 0 saturated carbocycles. The van der Waals surface area contributed by atoms with Gasteiger partial charge in [0.15, 0.2) is 16.9 Å². The molecule has 4 saturated heterocycles. The number of aromatic nitrogens is 4. The largest absolute Gasteiger partial charge is 0.496 e. The number of aromatic carboxylic acids is 1. The fourth-order valence-corrected chi connectivity index (χ4v) is 11.0. The molecule has 8 aromatic rings. The zero-order chi connectivity index (χ0) is 58.5. The zero-order valence-electron chi connectivity index (χ0n) is 47.1. The smallest absolute Gasteiger partial charge is 0.354 e. The Morgan fingerprint density at radius 2 is 1.14 bits per heavy atom. The molecule has 2 aromatic carbocycles.